The summed E-state index contributed by atoms with van der Waals surface area (Å²) < 4.78 is 8.40. The molecule has 1 N–H and O–H groups in total. The molecule has 7 heteroatoms. The van der Waals surface area contributed by atoms with Gasteiger partial charge in [0.2, 0.25) is 5.91 Å². The van der Waals surface area contributed by atoms with Crippen LogP contribution in [0, 0.1) is 13.8 Å². The number of benzene rings is 2. The largest absolute Gasteiger partial charge is 0.420 e. The van der Waals surface area contributed by atoms with Crippen molar-refractivity contribution >= 4 is 17.0 Å². The molecule has 0 fully saturated rings. The number of aryl methyl sites for hydroxylation is 2. The molecule has 0 saturated carbocycles. The standard InChI is InChI=1S/C22H22N4O3/c1-15-13-16(2)26(24-15)18-9-7-17(8-10-18)11-12-23-21(27)14-25-19-5-3-4-6-20(19)29-22(25)28/h3-10,13H,11-12,14H2,1-2H3,(H,23,27). The number of nitrogens with zero attached hydrogens (tertiary/aromatic N) is 3. The molecule has 0 saturated heterocycles. The van der Waals surface area contributed by atoms with Crippen molar-refractivity contribution in [1.82, 2.24) is 19.7 Å². The molecule has 29 heavy (non-hydrogen) atoms. The van der Waals surface area contributed by atoms with Gasteiger partial charge in [0, 0.05) is 12.2 Å². The van der Waals surface area contributed by atoms with Gasteiger partial charge in [0.15, 0.2) is 5.58 Å². The highest BCUT2D eigenvalue weighted by atomic mass is 16.4. The Balaban J connectivity index is 1.34. The summed E-state index contributed by atoms with van der Waals surface area (Å²) in [5.74, 6) is -0.751. The molecule has 4 rings (SSSR count). The number of carbonyl (C=O) groups excluding carboxylic acids is 1. The van der Waals surface area contributed by atoms with Crippen molar-refractivity contribution in [2.24, 2.45) is 0 Å². The number of carbonyl (C=O) groups is 1. The van der Waals surface area contributed by atoms with Crippen molar-refractivity contribution in [1.29, 1.82) is 0 Å². The summed E-state index contributed by atoms with van der Waals surface area (Å²) in [5.41, 5.74) is 5.29. The van der Waals surface area contributed by atoms with Crippen molar-refractivity contribution in [3.63, 3.8) is 0 Å². The average molecular weight is 390 g/mol. The molecule has 4 aromatic rings. The van der Waals surface area contributed by atoms with E-state index in [1.54, 1.807) is 24.3 Å². The van der Waals surface area contributed by atoms with E-state index in [1.165, 1.54) is 4.57 Å². The molecule has 0 unspecified atom stereocenters. The highest BCUT2D eigenvalue weighted by Gasteiger charge is 2.12. The Morgan fingerprint density at radius 1 is 1.10 bits per heavy atom. The third-order valence-electron chi connectivity index (χ3n) is 4.80. The molecule has 7 nitrogen and oxygen atoms in total. The maximum atomic E-state index is 12.3. The summed E-state index contributed by atoms with van der Waals surface area (Å²) in [4.78, 5) is 24.2. The van der Waals surface area contributed by atoms with Gasteiger partial charge in [0.05, 0.1) is 16.9 Å². The van der Waals surface area contributed by atoms with E-state index in [-0.39, 0.29) is 12.5 Å². The van der Waals surface area contributed by atoms with Crippen molar-refractivity contribution in [3.8, 4) is 5.69 Å². The van der Waals surface area contributed by atoms with E-state index in [1.807, 2.05) is 48.9 Å². The van der Waals surface area contributed by atoms with Crippen LogP contribution in [-0.2, 0) is 17.8 Å². The topological polar surface area (TPSA) is 82.1 Å². The number of aromatic nitrogens is 3. The minimum Gasteiger partial charge on any atom is -0.408 e. The minimum atomic E-state index is -0.527. The maximum Gasteiger partial charge on any atom is 0.420 e. The number of hydrogen-bond acceptors (Lipinski definition) is 4. The monoisotopic (exact) mass is 390 g/mol. The van der Waals surface area contributed by atoms with Gasteiger partial charge in [-0.15, -0.1) is 0 Å². The normalized spacial score (nSPS) is 11.1. The van der Waals surface area contributed by atoms with E-state index in [2.05, 4.69) is 10.4 Å². The van der Waals surface area contributed by atoms with Crippen LogP contribution in [0.5, 0.6) is 0 Å². The van der Waals surface area contributed by atoms with Gasteiger partial charge in [0.1, 0.15) is 6.54 Å². The van der Waals surface area contributed by atoms with E-state index in [0.717, 1.165) is 22.6 Å². The molecular weight excluding hydrogens is 368 g/mol. The Labute approximate surface area is 167 Å². The van der Waals surface area contributed by atoms with Crippen LogP contribution in [0.15, 0.2) is 63.8 Å². The van der Waals surface area contributed by atoms with E-state index in [0.29, 0.717) is 24.1 Å². The second kappa shape index (κ2) is 7.79. The molecule has 2 aromatic carbocycles. The number of fused-ring (bicyclic) bond motifs is 1. The van der Waals surface area contributed by atoms with Gasteiger partial charge in [-0.1, -0.05) is 24.3 Å². The van der Waals surface area contributed by atoms with E-state index in [4.69, 9.17) is 4.42 Å². The molecule has 0 radical (unpaired) electrons. The molecule has 0 aliphatic heterocycles. The molecule has 2 aromatic heterocycles. The molecule has 0 bridgehead atoms. The van der Waals surface area contributed by atoms with Gasteiger partial charge in [-0.25, -0.2) is 9.48 Å². The quantitative estimate of drug-likeness (QED) is 0.549. The zero-order valence-corrected chi connectivity index (χ0v) is 16.4. The van der Waals surface area contributed by atoms with Gasteiger partial charge in [-0.2, -0.15) is 5.10 Å². The van der Waals surface area contributed by atoms with E-state index < -0.39 is 5.76 Å². The fourth-order valence-corrected chi connectivity index (χ4v) is 3.40. The van der Waals surface area contributed by atoms with Crippen LogP contribution in [0.4, 0.5) is 0 Å². The fourth-order valence-electron chi connectivity index (χ4n) is 3.40. The summed E-state index contributed by atoms with van der Waals surface area (Å²) >= 11 is 0. The summed E-state index contributed by atoms with van der Waals surface area (Å²) in [5, 5.41) is 7.35. The number of oxazole rings is 1. The molecule has 0 aliphatic rings. The first-order chi connectivity index (χ1) is 14.0. The molecular formula is C22H22N4O3. The first-order valence-electron chi connectivity index (χ1n) is 9.49. The number of nitrogens with one attached hydrogen (secondary N) is 1. The van der Waals surface area contributed by atoms with Crippen LogP contribution in [0.25, 0.3) is 16.8 Å². The molecule has 1 amide bonds. The Bertz CT molecular complexity index is 1220. The van der Waals surface area contributed by atoms with Crippen LogP contribution < -0.4 is 11.1 Å². The van der Waals surface area contributed by atoms with Crippen molar-refractivity contribution in [2.75, 3.05) is 6.54 Å². The lowest BCUT2D eigenvalue weighted by Gasteiger charge is -2.08. The smallest absolute Gasteiger partial charge is 0.408 e. The van der Waals surface area contributed by atoms with Crippen LogP contribution in [0.3, 0.4) is 0 Å². The predicted octanol–water partition coefficient (Wildman–Crippen LogP) is 2.76. The van der Waals surface area contributed by atoms with Gasteiger partial charge in [-0.3, -0.25) is 9.36 Å². The average Bonchev–Trinajstić information content (AvgIpc) is 3.21. The highest BCUT2D eigenvalue weighted by Crippen LogP contribution is 2.14. The van der Waals surface area contributed by atoms with Crippen LogP contribution in [-0.4, -0.2) is 26.8 Å². The second-order valence-corrected chi connectivity index (χ2v) is 7.03. The van der Waals surface area contributed by atoms with Gasteiger partial charge in [0.25, 0.3) is 0 Å². The lowest BCUT2D eigenvalue weighted by molar-refractivity contribution is -0.121. The molecule has 0 spiro atoms. The first-order valence-corrected chi connectivity index (χ1v) is 9.49. The fraction of sp³-hybridized carbons (Fsp3) is 0.227. The Morgan fingerprint density at radius 3 is 2.59 bits per heavy atom. The van der Waals surface area contributed by atoms with Gasteiger partial charge < -0.3 is 9.73 Å². The van der Waals surface area contributed by atoms with Crippen molar-refractivity contribution in [2.45, 2.75) is 26.8 Å². The lowest BCUT2D eigenvalue weighted by Crippen LogP contribution is -2.32. The third kappa shape index (κ3) is 3.99. The van der Waals surface area contributed by atoms with Crippen molar-refractivity contribution in [3.05, 3.63) is 82.1 Å². The lowest BCUT2D eigenvalue weighted by atomic mass is 10.1. The number of rotatable bonds is 6. The number of hydrogen-bond donors (Lipinski definition) is 1. The Kier molecular flexibility index (Phi) is 5.03. The third-order valence-corrected chi connectivity index (χ3v) is 4.80. The summed E-state index contributed by atoms with van der Waals surface area (Å²) in [6.45, 7) is 4.42. The van der Waals surface area contributed by atoms with Crippen LogP contribution in [0.1, 0.15) is 17.0 Å². The summed E-state index contributed by atoms with van der Waals surface area (Å²) in [6.07, 6.45) is 0.699. The summed E-state index contributed by atoms with van der Waals surface area (Å²) in [7, 11) is 0. The van der Waals surface area contributed by atoms with Gasteiger partial charge >= 0.3 is 5.76 Å². The molecule has 0 atom stereocenters. The zero-order valence-electron chi connectivity index (χ0n) is 16.4. The highest BCUT2D eigenvalue weighted by molar-refractivity contribution is 5.79. The number of para-hydroxylation sites is 2. The Morgan fingerprint density at radius 2 is 1.86 bits per heavy atom. The Hall–Kier alpha value is -3.61. The second-order valence-electron chi connectivity index (χ2n) is 7.03. The van der Waals surface area contributed by atoms with E-state index in [9.17, 15) is 9.59 Å². The molecule has 2 heterocycles. The predicted molar refractivity (Wildman–Crippen MR) is 110 cm³/mol. The molecule has 148 valence electrons. The van der Waals surface area contributed by atoms with E-state index >= 15 is 0 Å². The SMILES string of the molecule is Cc1cc(C)n(-c2ccc(CCNC(=O)Cn3c(=O)oc4ccccc43)cc2)n1. The van der Waals surface area contributed by atoms with Gasteiger partial charge in [-0.05, 0) is 56.2 Å². The maximum absolute atomic E-state index is 12.3. The van der Waals surface area contributed by atoms with Crippen LogP contribution in [0.2, 0.25) is 0 Å². The first kappa shape index (κ1) is 18.7. The van der Waals surface area contributed by atoms with Crippen LogP contribution >= 0.6 is 0 Å². The molecule has 0 aliphatic carbocycles. The van der Waals surface area contributed by atoms with Crippen molar-refractivity contribution < 1.29 is 9.21 Å². The summed E-state index contributed by atoms with van der Waals surface area (Å²) in [6, 6.07) is 17.2. The zero-order chi connectivity index (χ0) is 20.4. The number of amides is 1. The minimum absolute atomic E-state index is 0.0628.